The molecule has 0 aliphatic carbocycles. The van der Waals surface area contributed by atoms with Crippen LogP contribution in [0.5, 0.6) is 5.75 Å². The molecular weight excluding hydrogens is 354 g/mol. The minimum atomic E-state index is -0.554. The van der Waals surface area contributed by atoms with Gasteiger partial charge in [-0.2, -0.15) is 0 Å². The molecule has 3 aromatic rings. The van der Waals surface area contributed by atoms with Crippen LogP contribution in [0.25, 0.3) is 11.3 Å². The molecule has 0 saturated heterocycles. The molecule has 1 atom stereocenters. The van der Waals surface area contributed by atoms with Gasteiger partial charge in [0.2, 0.25) is 0 Å². The Hall–Kier alpha value is -3.28. The van der Waals surface area contributed by atoms with Crippen LogP contribution in [-0.2, 0) is 11.3 Å². The minimum absolute atomic E-state index is 0.0912. The third-order valence-corrected chi connectivity index (χ3v) is 4.67. The summed E-state index contributed by atoms with van der Waals surface area (Å²) in [5.74, 6) is 1.35. The van der Waals surface area contributed by atoms with Gasteiger partial charge in [-0.15, -0.1) is 0 Å². The molecule has 1 N–H and O–H groups in total. The van der Waals surface area contributed by atoms with Crippen LogP contribution in [0.1, 0.15) is 19.0 Å². The first-order valence-corrected chi connectivity index (χ1v) is 9.54. The minimum Gasteiger partial charge on any atom is -0.477 e. The topological polar surface area (TPSA) is 67.6 Å². The monoisotopic (exact) mass is 377 g/mol. The summed E-state index contributed by atoms with van der Waals surface area (Å²) < 4.78 is 11.5. The average molecular weight is 377 g/mol. The van der Waals surface area contributed by atoms with E-state index in [0.29, 0.717) is 25.4 Å². The van der Waals surface area contributed by atoms with Crippen molar-refractivity contribution in [2.45, 2.75) is 26.0 Å². The van der Waals surface area contributed by atoms with Crippen LogP contribution in [0, 0.1) is 0 Å². The molecule has 6 heteroatoms. The lowest BCUT2D eigenvalue weighted by molar-refractivity contribution is -0.127. The zero-order valence-corrected chi connectivity index (χ0v) is 15.8. The normalized spacial score (nSPS) is 15.6. The van der Waals surface area contributed by atoms with Gasteiger partial charge >= 0.3 is 0 Å². The smallest absolute Gasteiger partial charge is 0.262 e. The molecule has 1 aromatic heterocycles. The lowest BCUT2D eigenvalue weighted by atomic mass is 10.1. The number of para-hydroxylation sites is 2. The van der Waals surface area contributed by atoms with Crippen molar-refractivity contribution in [1.82, 2.24) is 10.5 Å². The molecule has 0 bridgehead atoms. The van der Waals surface area contributed by atoms with E-state index >= 15 is 0 Å². The van der Waals surface area contributed by atoms with Gasteiger partial charge in [0.15, 0.2) is 11.9 Å². The van der Waals surface area contributed by atoms with Crippen LogP contribution in [0.4, 0.5) is 5.69 Å². The second kappa shape index (κ2) is 8.17. The highest BCUT2D eigenvalue weighted by Gasteiger charge is 2.30. The van der Waals surface area contributed by atoms with Crippen LogP contribution < -0.4 is 15.0 Å². The number of fused-ring (bicyclic) bond motifs is 1. The first kappa shape index (κ1) is 18.1. The zero-order valence-electron chi connectivity index (χ0n) is 15.8. The van der Waals surface area contributed by atoms with Gasteiger partial charge in [0.05, 0.1) is 18.8 Å². The Morgan fingerprint density at radius 2 is 1.96 bits per heavy atom. The maximum Gasteiger partial charge on any atom is 0.262 e. The number of hydrogen-bond acceptors (Lipinski definition) is 5. The van der Waals surface area contributed by atoms with Crippen LogP contribution >= 0.6 is 0 Å². The van der Waals surface area contributed by atoms with Gasteiger partial charge in [-0.3, -0.25) is 4.79 Å². The quantitative estimate of drug-likeness (QED) is 0.710. The zero-order chi connectivity index (χ0) is 19.3. The lowest BCUT2D eigenvalue weighted by Crippen LogP contribution is -2.48. The number of rotatable bonds is 6. The van der Waals surface area contributed by atoms with E-state index in [2.05, 4.69) is 15.4 Å². The Morgan fingerprint density at radius 1 is 1.18 bits per heavy atom. The number of nitrogens with zero attached hydrogens (tertiary/aromatic N) is 2. The molecule has 2 heterocycles. The molecular formula is C22H23N3O3. The summed E-state index contributed by atoms with van der Waals surface area (Å²) >= 11 is 0. The summed E-state index contributed by atoms with van der Waals surface area (Å²) in [5, 5.41) is 7.14. The maximum atomic E-state index is 12.5. The molecule has 4 rings (SSSR count). The predicted octanol–water partition coefficient (Wildman–Crippen LogP) is 3.64. The molecule has 1 amide bonds. The molecule has 0 unspecified atom stereocenters. The number of nitrogens with one attached hydrogen (secondary N) is 1. The largest absolute Gasteiger partial charge is 0.477 e. The Morgan fingerprint density at radius 3 is 2.79 bits per heavy atom. The Kier molecular flexibility index (Phi) is 5.28. The molecule has 0 fully saturated rings. The number of amides is 1. The molecule has 6 nitrogen and oxygen atoms in total. The predicted molar refractivity (Wildman–Crippen MR) is 107 cm³/mol. The van der Waals surface area contributed by atoms with E-state index in [1.54, 1.807) is 0 Å². The molecule has 0 radical (unpaired) electrons. The fourth-order valence-corrected chi connectivity index (χ4v) is 3.28. The van der Waals surface area contributed by atoms with E-state index in [1.807, 2.05) is 67.6 Å². The van der Waals surface area contributed by atoms with Crippen molar-refractivity contribution in [3.05, 3.63) is 66.4 Å². The fourth-order valence-electron chi connectivity index (χ4n) is 3.28. The van der Waals surface area contributed by atoms with Crippen LogP contribution in [-0.4, -0.2) is 30.3 Å². The van der Waals surface area contributed by atoms with E-state index in [-0.39, 0.29) is 5.91 Å². The highest BCUT2D eigenvalue weighted by atomic mass is 16.5. The second-order valence-electron chi connectivity index (χ2n) is 6.79. The van der Waals surface area contributed by atoms with Crippen molar-refractivity contribution in [3.63, 3.8) is 0 Å². The van der Waals surface area contributed by atoms with Gasteiger partial charge in [-0.05, 0) is 18.6 Å². The maximum absolute atomic E-state index is 12.5. The number of anilines is 1. The third kappa shape index (κ3) is 3.86. The van der Waals surface area contributed by atoms with E-state index in [0.717, 1.165) is 29.1 Å². The van der Waals surface area contributed by atoms with Crippen LogP contribution in [0.2, 0.25) is 0 Å². The van der Waals surface area contributed by atoms with Crippen molar-refractivity contribution >= 4 is 11.6 Å². The van der Waals surface area contributed by atoms with Gasteiger partial charge in [-0.25, -0.2) is 0 Å². The van der Waals surface area contributed by atoms with E-state index in [4.69, 9.17) is 9.26 Å². The third-order valence-electron chi connectivity index (χ3n) is 4.67. The summed E-state index contributed by atoms with van der Waals surface area (Å²) in [6.07, 6.45) is 0.335. The Bertz CT molecular complexity index is 939. The molecule has 0 saturated carbocycles. The number of hydrogen-bond donors (Lipinski definition) is 1. The van der Waals surface area contributed by atoms with Crippen molar-refractivity contribution in [1.29, 1.82) is 0 Å². The fraction of sp³-hybridized carbons (Fsp3) is 0.273. The first-order chi connectivity index (χ1) is 13.7. The number of benzene rings is 2. The Labute approximate surface area is 164 Å². The van der Waals surface area contributed by atoms with Crippen LogP contribution in [0.15, 0.2) is 65.2 Å². The number of ether oxygens (including phenoxy) is 1. The average Bonchev–Trinajstić information content (AvgIpc) is 3.21. The highest BCUT2D eigenvalue weighted by Crippen LogP contribution is 2.34. The molecule has 2 aromatic carbocycles. The van der Waals surface area contributed by atoms with E-state index in [1.165, 1.54) is 0 Å². The molecule has 144 valence electrons. The molecule has 0 spiro atoms. The number of aromatic nitrogens is 1. The summed E-state index contributed by atoms with van der Waals surface area (Å²) in [7, 11) is 0. The van der Waals surface area contributed by atoms with E-state index in [9.17, 15) is 4.79 Å². The van der Waals surface area contributed by atoms with Gasteiger partial charge < -0.3 is 19.5 Å². The number of carbonyl (C=O) groups excluding carboxylic acids is 1. The van der Waals surface area contributed by atoms with Crippen LogP contribution in [0.3, 0.4) is 0 Å². The van der Waals surface area contributed by atoms with Gasteiger partial charge in [0.25, 0.3) is 5.91 Å². The first-order valence-electron chi connectivity index (χ1n) is 9.54. The number of carbonyl (C=O) groups is 1. The van der Waals surface area contributed by atoms with Crippen molar-refractivity contribution in [2.24, 2.45) is 0 Å². The van der Waals surface area contributed by atoms with Crippen molar-refractivity contribution in [2.75, 3.05) is 18.0 Å². The molecule has 1 aliphatic heterocycles. The highest BCUT2D eigenvalue weighted by molar-refractivity contribution is 5.83. The summed E-state index contributed by atoms with van der Waals surface area (Å²) in [5.41, 5.74) is 2.75. The summed E-state index contributed by atoms with van der Waals surface area (Å²) in [4.78, 5) is 14.6. The van der Waals surface area contributed by atoms with Crippen molar-refractivity contribution in [3.8, 4) is 17.1 Å². The SMILES string of the molecule is CCCNC(=O)[C@@H]1CN(Cc2cc(-c3ccccc3)on2)c2ccccc2O1. The Balaban J connectivity index is 1.54. The van der Waals surface area contributed by atoms with Gasteiger partial charge in [0, 0.05) is 18.2 Å². The standard InChI is InChI=1S/C22H23N3O3/c1-2-12-23-22(26)21-15-25(18-10-6-7-11-19(18)27-21)14-17-13-20(28-24-17)16-8-4-3-5-9-16/h3-11,13,21H,2,12,14-15H2,1H3,(H,23,26)/t21-/m0/s1. The molecule has 1 aliphatic rings. The van der Waals surface area contributed by atoms with Gasteiger partial charge in [-0.1, -0.05) is 54.5 Å². The van der Waals surface area contributed by atoms with Crippen molar-refractivity contribution < 1.29 is 14.1 Å². The second-order valence-corrected chi connectivity index (χ2v) is 6.79. The summed E-state index contributed by atoms with van der Waals surface area (Å²) in [6, 6.07) is 19.6. The molecule has 28 heavy (non-hydrogen) atoms. The lowest BCUT2D eigenvalue weighted by Gasteiger charge is -2.35. The van der Waals surface area contributed by atoms with Gasteiger partial charge in [0.1, 0.15) is 11.4 Å². The van der Waals surface area contributed by atoms with E-state index < -0.39 is 6.10 Å². The summed E-state index contributed by atoms with van der Waals surface area (Å²) in [6.45, 7) is 3.66.